The van der Waals surface area contributed by atoms with Gasteiger partial charge in [0.1, 0.15) is 30.4 Å². The topological polar surface area (TPSA) is 56.3 Å². The van der Waals surface area contributed by atoms with E-state index in [1.54, 1.807) is 6.07 Å². The molecule has 1 saturated heterocycles. The zero-order chi connectivity index (χ0) is 22.1. The van der Waals surface area contributed by atoms with Gasteiger partial charge in [-0.3, -0.25) is 0 Å². The lowest BCUT2D eigenvalue weighted by atomic mass is 9.99. The van der Waals surface area contributed by atoms with Crippen LogP contribution in [0.3, 0.4) is 0 Å². The number of hydrogen-bond acceptors (Lipinski definition) is 5. The number of halogens is 2. The quantitative estimate of drug-likeness (QED) is 0.328. The van der Waals surface area contributed by atoms with Gasteiger partial charge in [-0.1, -0.05) is 17.7 Å². The summed E-state index contributed by atoms with van der Waals surface area (Å²) in [4.78, 5) is 8.30. The Kier molecular flexibility index (Phi) is 6.33. The molecule has 0 aliphatic carbocycles. The van der Waals surface area contributed by atoms with Gasteiger partial charge in [0.25, 0.3) is 0 Å². The molecule has 0 amide bonds. The van der Waals surface area contributed by atoms with Gasteiger partial charge in [-0.2, -0.15) is 4.98 Å². The molecular formula is C23H29Cl2N4O2+. The molecule has 1 N–H and O–H groups in total. The molecule has 2 aliphatic rings. The van der Waals surface area contributed by atoms with Crippen molar-refractivity contribution in [3.63, 3.8) is 0 Å². The van der Waals surface area contributed by atoms with Gasteiger partial charge in [-0.25, -0.2) is 15.0 Å². The Balaban J connectivity index is 1.68. The number of benzene rings is 1. The third-order valence-electron chi connectivity index (χ3n) is 5.65. The summed E-state index contributed by atoms with van der Waals surface area (Å²) < 4.78 is 12.9. The number of anilines is 1. The maximum Gasteiger partial charge on any atom is 0.225 e. The molecule has 8 heteroatoms. The fourth-order valence-corrected chi connectivity index (χ4v) is 4.73. The number of likely N-dealkylation sites (tertiary alicyclic amines) is 1. The lowest BCUT2D eigenvalue weighted by Crippen LogP contribution is -2.55. The first-order valence-electron chi connectivity index (χ1n) is 10.8. The van der Waals surface area contributed by atoms with E-state index in [9.17, 15) is 0 Å². The summed E-state index contributed by atoms with van der Waals surface area (Å²) in [5.41, 5.74) is 5.47. The van der Waals surface area contributed by atoms with Crippen LogP contribution in [-0.4, -0.2) is 39.9 Å². The predicted octanol–water partition coefficient (Wildman–Crippen LogP) is 5.89. The molecule has 0 radical (unpaired) electrons. The summed E-state index contributed by atoms with van der Waals surface area (Å²) >= 11 is 12.2. The molecule has 3 heterocycles. The van der Waals surface area contributed by atoms with Crippen LogP contribution < -0.4 is 14.9 Å². The molecule has 31 heavy (non-hydrogen) atoms. The Morgan fingerprint density at radius 1 is 1.13 bits per heavy atom. The van der Waals surface area contributed by atoms with Crippen molar-refractivity contribution in [1.29, 1.82) is 0 Å². The summed E-state index contributed by atoms with van der Waals surface area (Å²) in [5.74, 6) is 2.24. The van der Waals surface area contributed by atoms with E-state index in [1.165, 1.54) is 12.0 Å². The maximum absolute atomic E-state index is 6.22. The van der Waals surface area contributed by atoms with Crippen molar-refractivity contribution in [3.05, 3.63) is 45.8 Å². The van der Waals surface area contributed by atoms with Crippen LogP contribution in [0.1, 0.15) is 51.2 Å². The monoisotopic (exact) mass is 463 g/mol. The van der Waals surface area contributed by atoms with Gasteiger partial charge in [-0.15, -0.1) is 0 Å². The van der Waals surface area contributed by atoms with Crippen LogP contribution >= 0.6 is 23.2 Å². The third-order valence-corrected chi connectivity index (χ3v) is 6.01. The van der Waals surface area contributed by atoms with Crippen molar-refractivity contribution < 1.29 is 14.1 Å². The first-order chi connectivity index (χ1) is 14.8. The van der Waals surface area contributed by atoms with Crippen molar-refractivity contribution in [3.8, 4) is 11.5 Å². The second-order valence-electron chi connectivity index (χ2n) is 8.75. The standard InChI is InChI=1S/C23H29Cl2N4O2/c1-4-30-18-13-16(12-17-8-9-23(2,3)31-21(17)18)15-29(10-6-5-7-11-29)28-20-14-19(24)26-22(25)27-20/h8-9,12-14H,4-7,10-11,15H2,1-3H3,(H,26,27,28)/q+1. The second-order valence-corrected chi connectivity index (χ2v) is 9.48. The highest BCUT2D eigenvalue weighted by atomic mass is 35.5. The lowest BCUT2D eigenvalue weighted by Gasteiger charge is -2.41. The highest BCUT2D eigenvalue weighted by Crippen LogP contribution is 2.40. The fourth-order valence-electron chi connectivity index (χ4n) is 4.32. The SMILES string of the molecule is CCOc1cc(C[N+]2(Nc3cc(Cl)nc(Cl)n3)CCCCC2)cc2c1OC(C)(C)C=C2. The second kappa shape index (κ2) is 8.85. The molecule has 0 atom stereocenters. The van der Waals surface area contributed by atoms with Crippen LogP contribution in [0.15, 0.2) is 24.3 Å². The van der Waals surface area contributed by atoms with Gasteiger partial charge in [-0.05, 0) is 69.8 Å². The molecule has 6 nitrogen and oxygen atoms in total. The molecule has 0 spiro atoms. The van der Waals surface area contributed by atoms with Gasteiger partial charge < -0.3 is 9.47 Å². The van der Waals surface area contributed by atoms with E-state index in [0.29, 0.717) is 22.2 Å². The first kappa shape index (κ1) is 22.2. The van der Waals surface area contributed by atoms with Crippen molar-refractivity contribution in [2.75, 3.05) is 25.1 Å². The summed E-state index contributed by atoms with van der Waals surface area (Å²) in [6.45, 7) is 9.42. The Bertz CT molecular complexity index is 968. The molecule has 2 aliphatic heterocycles. The molecule has 0 bridgehead atoms. The molecule has 1 aromatic heterocycles. The fraction of sp³-hybridized carbons (Fsp3) is 0.478. The summed E-state index contributed by atoms with van der Waals surface area (Å²) in [6.07, 6.45) is 7.72. The molecule has 0 unspecified atom stereocenters. The summed E-state index contributed by atoms with van der Waals surface area (Å²) in [7, 11) is 0. The minimum atomic E-state index is -0.353. The van der Waals surface area contributed by atoms with E-state index in [-0.39, 0.29) is 10.9 Å². The molecule has 0 saturated carbocycles. The van der Waals surface area contributed by atoms with Gasteiger partial charge in [0, 0.05) is 17.2 Å². The number of quaternary nitrogens is 1. The molecule has 1 fully saturated rings. The lowest BCUT2D eigenvalue weighted by molar-refractivity contribution is -0.925. The Morgan fingerprint density at radius 3 is 2.61 bits per heavy atom. The average Bonchev–Trinajstić information content (AvgIpc) is 2.68. The predicted molar refractivity (Wildman–Crippen MR) is 125 cm³/mol. The molecule has 1 aromatic carbocycles. The van der Waals surface area contributed by atoms with Crippen LogP contribution in [0.2, 0.25) is 10.4 Å². The maximum atomic E-state index is 6.22. The number of nitrogens with one attached hydrogen (secondary N) is 1. The normalized spacial score (nSPS) is 18.7. The van der Waals surface area contributed by atoms with Crippen molar-refractivity contribution in [1.82, 2.24) is 9.97 Å². The molecule has 166 valence electrons. The van der Waals surface area contributed by atoms with Crippen molar-refractivity contribution in [2.45, 2.75) is 52.2 Å². The minimum absolute atomic E-state index is 0.141. The first-order valence-corrected chi connectivity index (χ1v) is 11.6. The van der Waals surface area contributed by atoms with Crippen LogP contribution in [-0.2, 0) is 6.54 Å². The molecule has 2 aromatic rings. The molecular weight excluding hydrogens is 435 g/mol. The number of ether oxygens (including phenoxy) is 2. The van der Waals surface area contributed by atoms with Gasteiger partial charge in [0.05, 0.1) is 6.61 Å². The highest BCUT2D eigenvalue weighted by molar-refractivity contribution is 6.32. The van der Waals surface area contributed by atoms with Crippen molar-refractivity contribution >= 4 is 35.1 Å². The van der Waals surface area contributed by atoms with Crippen LogP contribution in [0, 0.1) is 0 Å². The highest BCUT2D eigenvalue weighted by Gasteiger charge is 2.33. The Hall–Kier alpha value is -2.02. The number of piperidine rings is 1. The van der Waals surface area contributed by atoms with Crippen LogP contribution in [0.5, 0.6) is 11.5 Å². The number of rotatable bonds is 6. The third kappa shape index (κ3) is 5.25. The van der Waals surface area contributed by atoms with Crippen molar-refractivity contribution in [2.24, 2.45) is 0 Å². The number of hydrogen-bond donors (Lipinski definition) is 1. The van der Waals surface area contributed by atoms with E-state index in [0.717, 1.165) is 49.5 Å². The Labute approximate surface area is 193 Å². The van der Waals surface area contributed by atoms with Gasteiger partial charge in [0.15, 0.2) is 17.3 Å². The van der Waals surface area contributed by atoms with E-state index in [1.807, 2.05) is 20.8 Å². The number of aromatic nitrogens is 2. The van der Waals surface area contributed by atoms with E-state index in [4.69, 9.17) is 32.7 Å². The molecule has 4 rings (SSSR count). The Morgan fingerprint density at radius 2 is 1.90 bits per heavy atom. The smallest absolute Gasteiger partial charge is 0.225 e. The summed E-state index contributed by atoms with van der Waals surface area (Å²) in [5, 5.41) is 0.470. The number of fused-ring (bicyclic) bond motifs is 1. The number of nitrogens with zero attached hydrogens (tertiary/aromatic N) is 3. The van der Waals surface area contributed by atoms with E-state index >= 15 is 0 Å². The zero-order valence-electron chi connectivity index (χ0n) is 18.3. The minimum Gasteiger partial charge on any atom is -0.490 e. The van der Waals surface area contributed by atoms with Crippen LogP contribution in [0.4, 0.5) is 5.82 Å². The largest absolute Gasteiger partial charge is 0.490 e. The van der Waals surface area contributed by atoms with E-state index < -0.39 is 0 Å². The van der Waals surface area contributed by atoms with E-state index in [2.05, 4.69) is 39.7 Å². The average molecular weight is 464 g/mol. The van der Waals surface area contributed by atoms with Gasteiger partial charge >= 0.3 is 0 Å². The summed E-state index contributed by atoms with van der Waals surface area (Å²) in [6, 6.07) is 6.02. The zero-order valence-corrected chi connectivity index (χ0v) is 19.8. The van der Waals surface area contributed by atoms with Gasteiger partial charge in [0.2, 0.25) is 5.28 Å². The van der Waals surface area contributed by atoms with Crippen LogP contribution in [0.25, 0.3) is 6.08 Å².